The van der Waals surface area contributed by atoms with Gasteiger partial charge in [-0.15, -0.1) is 0 Å². The molecule has 1 aliphatic rings. The number of hydrogen-bond donors (Lipinski definition) is 1. The number of ketones is 1. The minimum absolute atomic E-state index is 0.00365. The molecule has 0 spiro atoms. The molecule has 0 unspecified atom stereocenters. The van der Waals surface area contributed by atoms with Crippen LogP contribution in [0.15, 0.2) is 60.7 Å². The number of benzene rings is 3. The van der Waals surface area contributed by atoms with Crippen LogP contribution >= 0.6 is 0 Å². The van der Waals surface area contributed by atoms with Crippen molar-refractivity contribution in [3.05, 3.63) is 71.8 Å². The maximum Gasteiger partial charge on any atom is 0.255 e. The van der Waals surface area contributed by atoms with E-state index in [1.54, 1.807) is 18.2 Å². The minimum Gasteiger partial charge on any atom is -0.487 e. The van der Waals surface area contributed by atoms with E-state index in [1.807, 2.05) is 56.3 Å². The Kier molecular flexibility index (Phi) is 3.76. The van der Waals surface area contributed by atoms with Gasteiger partial charge in [-0.05, 0) is 43.5 Å². The lowest BCUT2D eigenvalue weighted by molar-refractivity contribution is 0.0620. The molecule has 0 saturated heterocycles. The van der Waals surface area contributed by atoms with Crippen molar-refractivity contribution in [2.45, 2.75) is 25.9 Å². The molecule has 3 aromatic carbocycles. The van der Waals surface area contributed by atoms with Crippen LogP contribution in [0.3, 0.4) is 0 Å². The van der Waals surface area contributed by atoms with E-state index in [-0.39, 0.29) is 11.7 Å². The summed E-state index contributed by atoms with van der Waals surface area (Å²) in [6.45, 7) is 3.77. The number of carbonyl (C=O) groups is 2. The number of rotatable bonds is 2. The predicted molar refractivity (Wildman–Crippen MR) is 102 cm³/mol. The number of amides is 1. The number of fused-ring (bicyclic) bond motifs is 2. The second kappa shape index (κ2) is 5.99. The predicted octanol–water partition coefficient (Wildman–Crippen LogP) is 4.84. The number of carbonyl (C=O) groups excluding carboxylic acids is 2. The van der Waals surface area contributed by atoms with Crippen molar-refractivity contribution >= 4 is 28.2 Å². The van der Waals surface area contributed by atoms with Gasteiger partial charge in [-0.2, -0.15) is 0 Å². The van der Waals surface area contributed by atoms with Crippen molar-refractivity contribution in [2.75, 3.05) is 5.32 Å². The molecule has 0 aliphatic carbocycles. The molecule has 3 aromatic rings. The van der Waals surface area contributed by atoms with Gasteiger partial charge in [0.05, 0.1) is 12.0 Å². The van der Waals surface area contributed by atoms with Crippen LogP contribution in [0.5, 0.6) is 5.75 Å². The summed E-state index contributed by atoms with van der Waals surface area (Å²) in [5.41, 5.74) is 1.13. The van der Waals surface area contributed by atoms with E-state index in [2.05, 4.69) is 5.32 Å². The second-order valence-electron chi connectivity index (χ2n) is 7.15. The number of hydrogen-bond acceptors (Lipinski definition) is 3. The van der Waals surface area contributed by atoms with Gasteiger partial charge in [0.1, 0.15) is 11.4 Å². The first-order valence-corrected chi connectivity index (χ1v) is 8.58. The Morgan fingerprint density at radius 2 is 1.81 bits per heavy atom. The van der Waals surface area contributed by atoms with Crippen molar-refractivity contribution in [2.24, 2.45) is 0 Å². The van der Waals surface area contributed by atoms with Crippen LogP contribution in [-0.2, 0) is 0 Å². The molecule has 1 N–H and O–H groups in total. The van der Waals surface area contributed by atoms with Gasteiger partial charge in [0.15, 0.2) is 5.78 Å². The average Bonchev–Trinajstić information content (AvgIpc) is 2.61. The maximum absolute atomic E-state index is 12.7. The van der Waals surface area contributed by atoms with Crippen molar-refractivity contribution in [1.29, 1.82) is 0 Å². The number of nitrogens with one attached hydrogen (secondary N) is 1. The summed E-state index contributed by atoms with van der Waals surface area (Å²) in [6.07, 6.45) is 0.300. The monoisotopic (exact) mass is 345 g/mol. The lowest BCUT2D eigenvalue weighted by Gasteiger charge is -2.31. The molecule has 1 aliphatic heterocycles. The Hall–Kier alpha value is -3.14. The first-order chi connectivity index (χ1) is 12.4. The van der Waals surface area contributed by atoms with Crippen molar-refractivity contribution in [3.63, 3.8) is 0 Å². The van der Waals surface area contributed by atoms with Gasteiger partial charge < -0.3 is 10.1 Å². The highest BCUT2D eigenvalue weighted by molar-refractivity contribution is 6.11. The highest BCUT2D eigenvalue weighted by atomic mass is 16.5. The maximum atomic E-state index is 12.7. The molecule has 0 radical (unpaired) electrons. The summed E-state index contributed by atoms with van der Waals surface area (Å²) in [6, 6.07) is 18.7. The number of Topliss-reactive ketones (excluding diaryl/α,β-unsaturated/α-hetero) is 1. The van der Waals surface area contributed by atoms with Crippen molar-refractivity contribution in [3.8, 4) is 5.75 Å². The van der Waals surface area contributed by atoms with Crippen LogP contribution in [0.25, 0.3) is 10.8 Å². The molecule has 26 heavy (non-hydrogen) atoms. The normalized spacial score (nSPS) is 15.2. The highest BCUT2D eigenvalue weighted by Crippen LogP contribution is 2.33. The Balaban J connectivity index is 1.65. The lowest BCUT2D eigenvalue weighted by Crippen LogP contribution is -2.36. The Labute approximate surface area is 151 Å². The van der Waals surface area contributed by atoms with E-state index in [0.29, 0.717) is 23.3 Å². The first-order valence-electron chi connectivity index (χ1n) is 8.58. The summed E-state index contributed by atoms with van der Waals surface area (Å²) < 4.78 is 5.85. The molecule has 1 amide bonds. The van der Waals surface area contributed by atoms with Gasteiger partial charge in [0.2, 0.25) is 0 Å². The topological polar surface area (TPSA) is 55.4 Å². The highest BCUT2D eigenvalue weighted by Gasteiger charge is 2.32. The van der Waals surface area contributed by atoms with E-state index >= 15 is 0 Å². The zero-order valence-corrected chi connectivity index (χ0v) is 14.7. The Morgan fingerprint density at radius 3 is 2.65 bits per heavy atom. The summed E-state index contributed by atoms with van der Waals surface area (Å²) in [4.78, 5) is 25.1. The van der Waals surface area contributed by atoms with Crippen LogP contribution in [-0.4, -0.2) is 17.3 Å². The van der Waals surface area contributed by atoms with E-state index in [4.69, 9.17) is 4.74 Å². The third kappa shape index (κ3) is 2.94. The third-order valence-corrected chi connectivity index (χ3v) is 4.55. The molecule has 1 heterocycles. The fourth-order valence-electron chi connectivity index (χ4n) is 3.32. The van der Waals surface area contributed by atoms with Crippen LogP contribution in [0, 0.1) is 0 Å². The quantitative estimate of drug-likeness (QED) is 0.723. The largest absolute Gasteiger partial charge is 0.487 e. The summed E-state index contributed by atoms with van der Waals surface area (Å²) in [5.74, 6) is 0.283. The standard InChI is InChI=1S/C22H19NO3/c1-22(2)13-19(24)17-12-15(10-11-20(17)26-22)21(25)23-18-9-5-7-14-6-3-4-8-16(14)18/h3-12H,13H2,1-2H3,(H,23,25). The van der Waals surface area contributed by atoms with E-state index in [0.717, 1.165) is 16.5 Å². The lowest BCUT2D eigenvalue weighted by atomic mass is 9.92. The Bertz CT molecular complexity index is 1030. The number of anilines is 1. The first kappa shape index (κ1) is 16.3. The van der Waals surface area contributed by atoms with Gasteiger partial charge in [0.25, 0.3) is 5.91 Å². The van der Waals surface area contributed by atoms with E-state index in [9.17, 15) is 9.59 Å². The smallest absolute Gasteiger partial charge is 0.255 e. The summed E-state index contributed by atoms with van der Waals surface area (Å²) in [7, 11) is 0. The second-order valence-corrected chi connectivity index (χ2v) is 7.15. The molecule has 4 rings (SSSR count). The van der Waals surface area contributed by atoms with Gasteiger partial charge in [-0.25, -0.2) is 0 Å². The molecule has 0 saturated carbocycles. The van der Waals surface area contributed by atoms with Gasteiger partial charge >= 0.3 is 0 Å². The zero-order chi connectivity index (χ0) is 18.3. The van der Waals surface area contributed by atoms with Crippen molar-refractivity contribution in [1.82, 2.24) is 0 Å². The molecule has 4 heteroatoms. The molecule has 0 aromatic heterocycles. The molecular formula is C22H19NO3. The molecule has 130 valence electrons. The van der Waals surface area contributed by atoms with E-state index < -0.39 is 5.60 Å². The summed E-state index contributed by atoms with van der Waals surface area (Å²) in [5, 5.41) is 4.98. The minimum atomic E-state index is -0.517. The average molecular weight is 345 g/mol. The van der Waals surface area contributed by atoms with Gasteiger partial charge in [-0.1, -0.05) is 36.4 Å². The zero-order valence-electron chi connectivity index (χ0n) is 14.7. The molecule has 0 atom stereocenters. The number of ether oxygens (including phenoxy) is 1. The van der Waals surface area contributed by atoms with Crippen LogP contribution in [0.1, 0.15) is 41.0 Å². The van der Waals surface area contributed by atoms with E-state index in [1.165, 1.54) is 0 Å². The third-order valence-electron chi connectivity index (χ3n) is 4.55. The molecule has 0 bridgehead atoms. The van der Waals surface area contributed by atoms with Crippen LogP contribution in [0.4, 0.5) is 5.69 Å². The molecule has 0 fully saturated rings. The van der Waals surface area contributed by atoms with Gasteiger partial charge in [0, 0.05) is 16.6 Å². The van der Waals surface area contributed by atoms with Crippen LogP contribution in [0.2, 0.25) is 0 Å². The Morgan fingerprint density at radius 1 is 1.04 bits per heavy atom. The van der Waals surface area contributed by atoms with Gasteiger partial charge in [-0.3, -0.25) is 9.59 Å². The SMILES string of the molecule is CC1(C)CC(=O)c2cc(C(=O)Nc3cccc4ccccc34)ccc2O1. The van der Waals surface area contributed by atoms with Crippen molar-refractivity contribution < 1.29 is 14.3 Å². The van der Waals surface area contributed by atoms with Crippen LogP contribution < -0.4 is 10.1 Å². The summed E-state index contributed by atoms with van der Waals surface area (Å²) >= 11 is 0. The molecule has 4 nitrogen and oxygen atoms in total. The fraction of sp³-hybridized carbons (Fsp3) is 0.182. The molecular weight excluding hydrogens is 326 g/mol. The fourth-order valence-corrected chi connectivity index (χ4v) is 3.32.